The number of carbonyl (C=O) groups excluding carboxylic acids is 1. The van der Waals surface area contributed by atoms with Crippen molar-refractivity contribution in [1.29, 1.82) is 0 Å². The number of hydrogen-bond donors (Lipinski definition) is 0. The van der Waals surface area contributed by atoms with Crippen LogP contribution >= 0.6 is 0 Å². The number of nitrogens with zero attached hydrogens (tertiary/aromatic N) is 3. The predicted octanol–water partition coefficient (Wildman–Crippen LogP) is 3.99. The Morgan fingerprint density at radius 1 is 0.931 bits per heavy atom. The SMILES string of the molecule is CN(CC(=O)N1CCC[C@H](c2ccccc2)[C@@H]1CN1CCCC1)c1ccccc1. The fraction of sp³-hybridized carbons (Fsp3) is 0.480. The molecule has 2 aromatic rings. The average molecular weight is 392 g/mol. The van der Waals surface area contributed by atoms with Crippen LogP contribution < -0.4 is 4.90 Å². The fourth-order valence-electron chi connectivity index (χ4n) is 4.98. The molecule has 4 rings (SSSR count). The molecule has 0 spiro atoms. The van der Waals surface area contributed by atoms with Gasteiger partial charge in [-0.25, -0.2) is 0 Å². The molecule has 0 unspecified atom stereocenters. The number of piperidine rings is 1. The number of benzene rings is 2. The number of likely N-dealkylation sites (tertiary alicyclic amines) is 2. The summed E-state index contributed by atoms with van der Waals surface area (Å²) >= 11 is 0. The third kappa shape index (κ3) is 4.81. The Bertz CT molecular complexity index is 773. The summed E-state index contributed by atoms with van der Waals surface area (Å²) in [6.07, 6.45) is 4.82. The van der Waals surface area contributed by atoms with Crippen LogP contribution in [0.25, 0.3) is 0 Å². The Hall–Kier alpha value is -2.33. The van der Waals surface area contributed by atoms with E-state index in [-0.39, 0.29) is 11.9 Å². The standard InChI is InChI=1S/C25H33N3O/c1-26(22-13-6-3-7-14-22)20-25(29)28-18-10-15-23(21-11-4-2-5-12-21)24(28)19-27-16-8-9-17-27/h2-7,11-14,23-24H,8-10,15-20H2,1H3/t23-,24+/m1/s1. The summed E-state index contributed by atoms with van der Waals surface area (Å²) in [7, 11) is 2.02. The Labute approximate surface area is 175 Å². The topological polar surface area (TPSA) is 26.8 Å². The largest absolute Gasteiger partial charge is 0.365 e. The molecule has 2 heterocycles. The van der Waals surface area contributed by atoms with Gasteiger partial charge in [0.05, 0.1) is 12.6 Å². The molecule has 0 saturated carbocycles. The maximum atomic E-state index is 13.4. The quantitative estimate of drug-likeness (QED) is 0.745. The van der Waals surface area contributed by atoms with Crippen molar-refractivity contribution >= 4 is 11.6 Å². The minimum Gasteiger partial charge on any atom is -0.365 e. The third-order valence-electron chi connectivity index (χ3n) is 6.54. The van der Waals surface area contributed by atoms with Crippen molar-refractivity contribution in [3.05, 3.63) is 66.2 Å². The highest BCUT2D eigenvalue weighted by Crippen LogP contribution is 2.34. The molecule has 2 atom stereocenters. The van der Waals surface area contributed by atoms with Gasteiger partial charge in [-0.2, -0.15) is 0 Å². The molecule has 2 fully saturated rings. The maximum absolute atomic E-state index is 13.4. The molecule has 29 heavy (non-hydrogen) atoms. The summed E-state index contributed by atoms with van der Waals surface area (Å²) in [5.41, 5.74) is 2.47. The molecule has 2 aromatic carbocycles. The highest BCUT2D eigenvalue weighted by atomic mass is 16.2. The third-order valence-corrected chi connectivity index (χ3v) is 6.54. The molecule has 1 amide bonds. The van der Waals surface area contributed by atoms with Gasteiger partial charge in [-0.15, -0.1) is 0 Å². The van der Waals surface area contributed by atoms with Gasteiger partial charge in [-0.05, 0) is 56.5 Å². The predicted molar refractivity (Wildman–Crippen MR) is 119 cm³/mol. The van der Waals surface area contributed by atoms with Gasteiger partial charge in [0, 0.05) is 31.7 Å². The van der Waals surface area contributed by atoms with Crippen LogP contribution in [0.2, 0.25) is 0 Å². The first kappa shape index (κ1) is 20.0. The molecule has 0 bridgehead atoms. The molecule has 4 nitrogen and oxygen atoms in total. The second-order valence-corrected chi connectivity index (χ2v) is 8.51. The molecule has 2 aliphatic heterocycles. The van der Waals surface area contributed by atoms with Gasteiger partial charge in [0.1, 0.15) is 0 Å². The summed E-state index contributed by atoms with van der Waals surface area (Å²) in [5, 5.41) is 0. The minimum absolute atomic E-state index is 0.251. The molecular formula is C25H33N3O. The number of likely N-dealkylation sites (N-methyl/N-ethyl adjacent to an activating group) is 1. The fourth-order valence-corrected chi connectivity index (χ4v) is 4.98. The lowest BCUT2D eigenvalue weighted by Gasteiger charge is -2.44. The first-order valence-electron chi connectivity index (χ1n) is 11.1. The van der Waals surface area contributed by atoms with E-state index in [4.69, 9.17) is 0 Å². The van der Waals surface area contributed by atoms with Crippen molar-refractivity contribution in [2.24, 2.45) is 0 Å². The number of anilines is 1. The summed E-state index contributed by atoms with van der Waals surface area (Å²) in [6, 6.07) is 21.3. The van der Waals surface area contributed by atoms with E-state index in [0.29, 0.717) is 12.5 Å². The van der Waals surface area contributed by atoms with Crippen molar-refractivity contribution in [3.8, 4) is 0 Å². The lowest BCUT2D eigenvalue weighted by atomic mass is 9.83. The van der Waals surface area contributed by atoms with Gasteiger partial charge in [-0.3, -0.25) is 4.79 Å². The second kappa shape index (κ2) is 9.45. The van der Waals surface area contributed by atoms with E-state index in [0.717, 1.165) is 25.2 Å². The molecule has 0 aromatic heterocycles. The zero-order chi connectivity index (χ0) is 20.1. The molecule has 154 valence electrons. The van der Waals surface area contributed by atoms with Crippen LogP contribution in [-0.4, -0.2) is 61.5 Å². The number of para-hydroxylation sites is 1. The number of rotatable bonds is 6. The molecular weight excluding hydrogens is 358 g/mol. The Balaban J connectivity index is 1.53. The van der Waals surface area contributed by atoms with Gasteiger partial charge in [0.15, 0.2) is 0 Å². The van der Waals surface area contributed by atoms with E-state index < -0.39 is 0 Å². The molecule has 0 N–H and O–H groups in total. The van der Waals surface area contributed by atoms with E-state index in [2.05, 4.69) is 57.2 Å². The van der Waals surface area contributed by atoms with Crippen LogP contribution in [0.15, 0.2) is 60.7 Å². The van der Waals surface area contributed by atoms with Crippen LogP contribution in [0.4, 0.5) is 5.69 Å². The van der Waals surface area contributed by atoms with Gasteiger partial charge < -0.3 is 14.7 Å². The number of amides is 1. The first-order valence-corrected chi connectivity index (χ1v) is 11.1. The Morgan fingerprint density at radius 3 is 2.28 bits per heavy atom. The summed E-state index contributed by atoms with van der Waals surface area (Å²) in [5.74, 6) is 0.678. The van der Waals surface area contributed by atoms with Crippen LogP contribution in [0, 0.1) is 0 Å². The molecule has 4 heteroatoms. The normalized spacial score (nSPS) is 22.6. The lowest BCUT2D eigenvalue weighted by Crippen LogP contribution is -2.54. The minimum atomic E-state index is 0.251. The van der Waals surface area contributed by atoms with Crippen molar-refractivity contribution in [3.63, 3.8) is 0 Å². The molecule has 0 radical (unpaired) electrons. The average Bonchev–Trinajstić information content (AvgIpc) is 3.28. The van der Waals surface area contributed by atoms with Crippen LogP contribution in [0.3, 0.4) is 0 Å². The van der Waals surface area contributed by atoms with Crippen molar-refractivity contribution in [2.75, 3.05) is 44.7 Å². The second-order valence-electron chi connectivity index (χ2n) is 8.51. The van der Waals surface area contributed by atoms with Gasteiger partial charge in [-0.1, -0.05) is 48.5 Å². The van der Waals surface area contributed by atoms with Crippen LogP contribution in [-0.2, 0) is 4.79 Å². The van der Waals surface area contributed by atoms with Crippen molar-refractivity contribution in [1.82, 2.24) is 9.80 Å². The highest BCUT2D eigenvalue weighted by Gasteiger charge is 2.36. The van der Waals surface area contributed by atoms with Gasteiger partial charge in [0.2, 0.25) is 5.91 Å². The number of carbonyl (C=O) groups is 1. The first-order chi connectivity index (χ1) is 14.2. The van der Waals surface area contributed by atoms with Gasteiger partial charge >= 0.3 is 0 Å². The monoisotopic (exact) mass is 391 g/mol. The summed E-state index contributed by atoms with van der Waals surface area (Å²) < 4.78 is 0. The van der Waals surface area contributed by atoms with E-state index >= 15 is 0 Å². The lowest BCUT2D eigenvalue weighted by molar-refractivity contribution is -0.134. The van der Waals surface area contributed by atoms with Crippen molar-refractivity contribution in [2.45, 2.75) is 37.6 Å². The van der Waals surface area contributed by atoms with E-state index in [1.165, 1.54) is 37.9 Å². The van der Waals surface area contributed by atoms with Crippen LogP contribution in [0.5, 0.6) is 0 Å². The molecule has 2 aliphatic rings. The maximum Gasteiger partial charge on any atom is 0.242 e. The van der Waals surface area contributed by atoms with E-state index in [1.54, 1.807) is 0 Å². The summed E-state index contributed by atoms with van der Waals surface area (Å²) in [6.45, 7) is 4.65. The zero-order valence-electron chi connectivity index (χ0n) is 17.5. The van der Waals surface area contributed by atoms with Crippen LogP contribution in [0.1, 0.15) is 37.2 Å². The van der Waals surface area contributed by atoms with E-state index in [1.807, 2.05) is 25.2 Å². The van der Waals surface area contributed by atoms with E-state index in [9.17, 15) is 4.79 Å². The van der Waals surface area contributed by atoms with Gasteiger partial charge in [0.25, 0.3) is 0 Å². The zero-order valence-corrected chi connectivity index (χ0v) is 17.5. The number of hydrogen-bond acceptors (Lipinski definition) is 3. The smallest absolute Gasteiger partial charge is 0.242 e. The highest BCUT2D eigenvalue weighted by molar-refractivity contribution is 5.82. The molecule has 0 aliphatic carbocycles. The molecule has 2 saturated heterocycles. The summed E-state index contributed by atoms with van der Waals surface area (Å²) in [4.78, 5) is 20.2. The Morgan fingerprint density at radius 2 is 1.59 bits per heavy atom. The van der Waals surface area contributed by atoms with Crippen molar-refractivity contribution < 1.29 is 4.79 Å². The Kier molecular flexibility index (Phi) is 6.50.